The molecule has 28 heavy (non-hydrogen) atoms. The van der Waals surface area contributed by atoms with Crippen molar-refractivity contribution in [1.29, 1.82) is 0 Å². The van der Waals surface area contributed by atoms with Gasteiger partial charge in [0.2, 0.25) is 11.8 Å². The Bertz CT molecular complexity index is 1040. The maximum atomic E-state index is 12.0. The molecule has 3 heterocycles. The van der Waals surface area contributed by atoms with Crippen molar-refractivity contribution in [3.05, 3.63) is 52.8 Å². The number of hydrogen-bond acceptors (Lipinski definition) is 4. The molecule has 0 saturated carbocycles. The van der Waals surface area contributed by atoms with Crippen LogP contribution in [0.3, 0.4) is 0 Å². The van der Waals surface area contributed by atoms with Crippen LogP contribution in [0.1, 0.15) is 19.0 Å². The number of benzene rings is 1. The molecule has 0 bridgehead atoms. The largest absolute Gasteiger partial charge is 0.439 e. The van der Waals surface area contributed by atoms with Gasteiger partial charge in [0, 0.05) is 37.3 Å². The Morgan fingerprint density at radius 1 is 1.18 bits per heavy atom. The zero-order valence-electron chi connectivity index (χ0n) is 15.8. The van der Waals surface area contributed by atoms with Gasteiger partial charge >= 0.3 is 0 Å². The highest BCUT2D eigenvalue weighted by molar-refractivity contribution is 9.10. The molecule has 0 spiro atoms. The zero-order chi connectivity index (χ0) is 19.8. The number of hydrogen-bond donors (Lipinski definition) is 1. The van der Waals surface area contributed by atoms with Crippen molar-refractivity contribution in [2.24, 2.45) is 0 Å². The monoisotopic (exact) mass is 440 g/mol. The molecule has 3 aromatic rings. The molecular formula is C21H21BrN4O2. The highest BCUT2D eigenvalue weighted by Crippen LogP contribution is 2.45. The summed E-state index contributed by atoms with van der Waals surface area (Å²) in [7, 11) is 0. The van der Waals surface area contributed by atoms with Crippen molar-refractivity contribution in [3.63, 3.8) is 0 Å². The minimum atomic E-state index is -0.00129. The lowest BCUT2D eigenvalue weighted by atomic mass is 10.1. The fraction of sp³-hybridized carbons (Fsp3) is 0.238. The van der Waals surface area contributed by atoms with Crippen LogP contribution in [0.2, 0.25) is 0 Å². The number of nitrogens with zero attached hydrogens (tertiary/aromatic N) is 3. The number of anilines is 2. The van der Waals surface area contributed by atoms with E-state index < -0.39 is 0 Å². The molecule has 0 saturated heterocycles. The molecule has 0 fully saturated rings. The number of aryl methyl sites for hydroxylation is 1. The fourth-order valence-corrected chi connectivity index (χ4v) is 4.34. The highest BCUT2D eigenvalue weighted by atomic mass is 79.9. The van der Waals surface area contributed by atoms with Crippen LogP contribution in [0.25, 0.3) is 11.1 Å². The molecule has 0 atom stereocenters. The highest BCUT2D eigenvalue weighted by Gasteiger charge is 2.29. The number of pyridine rings is 1. The van der Waals surface area contributed by atoms with E-state index in [2.05, 4.69) is 25.5 Å². The van der Waals surface area contributed by atoms with Crippen LogP contribution in [0.15, 0.2) is 47.1 Å². The Balaban J connectivity index is 1.67. The van der Waals surface area contributed by atoms with Crippen molar-refractivity contribution >= 4 is 33.3 Å². The number of ether oxygens (including phenoxy) is 1. The van der Waals surface area contributed by atoms with Gasteiger partial charge in [0.25, 0.3) is 0 Å². The Morgan fingerprint density at radius 2 is 1.93 bits per heavy atom. The minimum Gasteiger partial charge on any atom is -0.439 e. The number of nitrogen functional groups attached to an aromatic ring is 1. The standard InChI is InChI=1S/C21H21BrN4O2/c1-13-5-3-6-17(24-13)28-16-9-7-15(8-10-16)18-19(23)21-25(14(2)27)11-4-12-26(21)20(18)22/h3,5-10H,4,11-12,23H2,1-2H3. The van der Waals surface area contributed by atoms with E-state index in [0.29, 0.717) is 23.9 Å². The van der Waals surface area contributed by atoms with E-state index in [0.717, 1.165) is 40.2 Å². The molecule has 0 aliphatic carbocycles. The summed E-state index contributed by atoms with van der Waals surface area (Å²) in [5, 5.41) is 0. The summed E-state index contributed by atoms with van der Waals surface area (Å²) in [6, 6.07) is 13.4. The van der Waals surface area contributed by atoms with Gasteiger partial charge in [-0.3, -0.25) is 9.69 Å². The summed E-state index contributed by atoms with van der Waals surface area (Å²) in [5.74, 6) is 2.03. The van der Waals surface area contributed by atoms with Gasteiger partial charge in [-0.1, -0.05) is 18.2 Å². The van der Waals surface area contributed by atoms with E-state index in [9.17, 15) is 4.79 Å². The number of fused-ring (bicyclic) bond motifs is 1. The predicted molar refractivity (Wildman–Crippen MR) is 114 cm³/mol. The molecule has 6 nitrogen and oxygen atoms in total. The predicted octanol–water partition coefficient (Wildman–Crippen LogP) is 4.75. The molecule has 1 aliphatic heterocycles. The topological polar surface area (TPSA) is 73.4 Å². The van der Waals surface area contributed by atoms with E-state index >= 15 is 0 Å². The molecule has 1 aromatic carbocycles. The Kier molecular flexibility index (Phi) is 4.85. The number of nitrogens with two attached hydrogens (primary N) is 1. The normalized spacial score (nSPS) is 13.3. The van der Waals surface area contributed by atoms with Gasteiger partial charge in [0.1, 0.15) is 11.6 Å². The minimum absolute atomic E-state index is 0.00129. The molecule has 0 radical (unpaired) electrons. The van der Waals surface area contributed by atoms with Crippen molar-refractivity contribution < 1.29 is 9.53 Å². The van der Waals surface area contributed by atoms with Crippen LogP contribution in [-0.4, -0.2) is 22.0 Å². The van der Waals surface area contributed by atoms with Gasteiger partial charge in [-0.05, 0) is 53.0 Å². The van der Waals surface area contributed by atoms with Crippen LogP contribution >= 0.6 is 15.9 Å². The Labute approximate surface area is 172 Å². The second-order valence-corrected chi connectivity index (χ2v) is 7.57. The third-order valence-corrected chi connectivity index (χ3v) is 5.66. The quantitative estimate of drug-likeness (QED) is 0.637. The van der Waals surface area contributed by atoms with E-state index in [1.54, 1.807) is 11.8 Å². The SMILES string of the molecule is CC(=O)N1CCCn2c(Br)c(-c3ccc(Oc4cccc(C)n4)cc3)c(N)c21. The van der Waals surface area contributed by atoms with E-state index in [-0.39, 0.29) is 5.91 Å². The number of carbonyl (C=O) groups is 1. The maximum absolute atomic E-state index is 12.0. The van der Waals surface area contributed by atoms with Crippen LogP contribution in [-0.2, 0) is 11.3 Å². The number of carbonyl (C=O) groups excluding carboxylic acids is 1. The summed E-state index contributed by atoms with van der Waals surface area (Å²) >= 11 is 3.69. The van der Waals surface area contributed by atoms with Gasteiger partial charge < -0.3 is 15.0 Å². The third kappa shape index (κ3) is 3.26. The van der Waals surface area contributed by atoms with Gasteiger partial charge in [-0.15, -0.1) is 0 Å². The van der Waals surface area contributed by atoms with Crippen LogP contribution in [0.4, 0.5) is 11.5 Å². The van der Waals surface area contributed by atoms with E-state index in [1.807, 2.05) is 49.4 Å². The van der Waals surface area contributed by atoms with Crippen LogP contribution in [0, 0.1) is 6.92 Å². The average molecular weight is 441 g/mol. The lowest BCUT2D eigenvalue weighted by Crippen LogP contribution is -2.36. The van der Waals surface area contributed by atoms with Gasteiger partial charge in [-0.2, -0.15) is 0 Å². The average Bonchev–Trinajstić information content (AvgIpc) is 2.93. The molecular weight excluding hydrogens is 420 g/mol. The molecule has 0 unspecified atom stereocenters. The summed E-state index contributed by atoms with van der Waals surface area (Å²) in [6.07, 6.45) is 0.898. The second kappa shape index (κ2) is 7.31. The molecule has 1 amide bonds. The lowest BCUT2D eigenvalue weighted by molar-refractivity contribution is -0.116. The van der Waals surface area contributed by atoms with Crippen molar-refractivity contribution in [1.82, 2.24) is 9.55 Å². The molecule has 1 aliphatic rings. The molecule has 7 heteroatoms. The summed E-state index contributed by atoms with van der Waals surface area (Å²) < 4.78 is 8.78. The number of amides is 1. The van der Waals surface area contributed by atoms with E-state index in [1.165, 1.54) is 0 Å². The second-order valence-electron chi connectivity index (χ2n) is 6.82. The first kappa shape index (κ1) is 18.6. The van der Waals surface area contributed by atoms with Gasteiger partial charge in [0.15, 0.2) is 0 Å². The Morgan fingerprint density at radius 3 is 2.61 bits per heavy atom. The molecule has 4 rings (SSSR count). The molecule has 2 aromatic heterocycles. The number of aromatic nitrogens is 2. The molecule has 2 N–H and O–H groups in total. The maximum Gasteiger partial charge on any atom is 0.225 e. The summed E-state index contributed by atoms with van der Waals surface area (Å²) in [6.45, 7) is 5.01. The lowest BCUT2D eigenvalue weighted by Gasteiger charge is -2.28. The third-order valence-electron chi connectivity index (χ3n) is 4.84. The first-order valence-electron chi connectivity index (χ1n) is 9.13. The van der Waals surface area contributed by atoms with Gasteiger partial charge in [-0.25, -0.2) is 4.98 Å². The van der Waals surface area contributed by atoms with Gasteiger partial charge in [0.05, 0.1) is 10.3 Å². The zero-order valence-corrected chi connectivity index (χ0v) is 17.4. The summed E-state index contributed by atoms with van der Waals surface area (Å²) in [4.78, 5) is 18.1. The Hall–Kier alpha value is -2.80. The van der Waals surface area contributed by atoms with Crippen LogP contribution in [0.5, 0.6) is 11.6 Å². The number of rotatable bonds is 3. The van der Waals surface area contributed by atoms with Crippen LogP contribution < -0.4 is 15.4 Å². The summed E-state index contributed by atoms with van der Waals surface area (Å²) in [5.41, 5.74) is 9.84. The van der Waals surface area contributed by atoms with Crippen molar-refractivity contribution in [2.75, 3.05) is 17.2 Å². The first-order chi connectivity index (χ1) is 13.5. The van der Waals surface area contributed by atoms with Crippen molar-refractivity contribution in [2.45, 2.75) is 26.8 Å². The van der Waals surface area contributed by atoms with Crippen molar-refractivity contribution in [3.8, 4) is 22.8 Å². The molecule has 144 valence electrons. The number of halogens is 1. The smallest absolute Gasteiger partial charge is 0.225 e. The van der Waals surface area contributed by atoms with E-state index in [4.69, 9.17) is 10.5 Å². The first-order valence-corrected chi connectivity index (χ1v) is 9.92. The fourth-order valence-electron chi connectivity index (χ4n) is 3.55.